The Bertz CT molecular complexity index is 399. The van der Waals surface area contributed by atoms with Crippen LogP contribution >= 0.6 is 15.9 Å². The van der Waals surface area contributed by atoms with Crippen molar-refractivity contribution in [3.63, 3.8) is 0 Å². The summed E-state index contributed by atoms with van der Waals surface area (Å²) in [5, 5.41) is 2.61. The summed E-state index contributed by atoms with van der Waals surface area (Å²) in [5.74, 6) is -0.810. The van der Waals surface area contributed by atoms with Gasteiger partial charge in [0.05, 0.1) is 18.2 Å². The average Bonchev–Trinajstić information content (AvgIpc) is 2.35. The number of para-hydroxylation sites is 1. The molecule has 1 saturated heterocycles. The largest absolute Gasteiger partial charge is 0.381 e. The average molecular weight is 302 g/mol. The summed E-state index contributed by atoms with van der Waals surface area (Å²) >= 11 is 3.21. The Labute approximate surface area is 107 Å². The van der Waals surface area contributed by atoms with Crippen molar-refractivity contribution in [3.05, 3.63) is 28.5 Å². The Hall–Kier alpha value is -0.940. The SMILES string of the molecule is O=C(Nc1c(F)cccc1Br)[C@H]1CCCOC1. The van der Waals surface area contributed by atoms with Gasteiger partial charge in [-0.1, -0.05) is 6.07 Å². The van der Waals surface area contributed by atoms with Gasteiger partial charge in [-0.25, -0.2) is 4.39 Å². The maximum Gasteiger partial charge on any atom is 0.229 e. The monoisotopic (exact) mass is 301 g/mol. The third-order valence-corrected chi connectivity index (χ3v) is 3.40. The topological polar surface area (TPSA) is 38.3 Å². The number of carbonyl (C=O) groups is 1. The summed E-state index contributed by atoms with van der Waals surface area (Å²) in [5.41, 5.74) is 0.197. The second-order valence-corrected chi connectivity index (χ2v) is 4.85. The Balaban J connectivity index is 2.07. The normalized spacial score (nSPS) is 20.0. The first-order valence-electron chi connectivity index (χ1n) is 5.51. The fraction of sp³-hybridized carbons (Fsp3) is 0.417. The predicted octanol–water partition coefficient (Wildman–Crippen LogP) is 2.95. The smallest absolute Gasteiger partial charge is 0.229 e. The molecule has 0 radical (unpaired) electrons. The van der Waals surface area contributed by atoms with Crippen LogP contribution in [0.2, 0.25) is 0 Å². The van der Waals surface area contributed by atoms with Crippen LogP contribution in [0.3, 0.4) is 0 Å². The highest BCUT2D eigenvalue weighted by Crippen LogP contribution is 2.26. The number of benzene rings is 1. The van der Waals surface area contributed by atoms with Gasteiger partial charge in [0.2, 0.25) is 5.91 Å². The lowest BCUT2D eigenvalue weighted by Gasteiger charge is -2.21. The van der Waals surface area contributed by atoms with Crippen molar-refractivity contribution in [2.75, 3.05) is 18.5 Å². The van der Waals surface area contributed by atoms with Crippen LogP contribution in [0.5, 0.6) is 0 Å². The van der Waals surface area contributed by atoms with Gasteiger partial charge in [-0.15, -0.1) is 0 Å². The van der Waals surface area contributed by atoms with Gasteiger partial charge in [-0.05, 0) is 40.9 Å². The van der Waals surface area contributed by atoms with E-state index in [1.54, 1.807) is 12.1 Å². The lowest BCUT2D eigenvalue weighted by molar-refractivity contribution is -0.123. The molecule has 0 unspecified atom stereocenters. The van der Waals surface area contributed by atoms with E-state index in [9.17, 15) is 9.18 Å². The molecule has 1 aliphatic heterocycles. The zero-order valence-corrected chi connectivity index (χ0v) is 10.8. The Morgan fingerprint density at radius 1 is 1.53 bits per heavy atom. The van der Waals surface area contributed by atoms with Crippen molar-refractivity contribution in [1.29, 1.82) is 0 Å². The number of carbonyl (C=O) groups excluding carboxylic acids is 1. The Morgan fingerprint density at radius 2 is 2.35 bits per heavy atom. The minimum Gasteiger partial charge on any atom is -0.381 e. The maximum absolute atomic E-state index is 13.5. The molecule has 1 aromatic carbocycles. The number of ether oxygens (including phenoxy) is 1. The molecule has 1 aromatic rings. The quantitative estimate of drug-likeness (QED) is 0.912. The van der Waals surface area contributed by atoms with Gasteiger partial charge in [-0.3, -0.25) is 4.79 Å². The van der Waals surface area contributed by atoms with Crippen LogP contribution in [0.25, 0.3) is 0 Å². The third-order valence-electron chi connectivity index (χ3n) is 2.74. The van der Waals surface area contributed by atoms with Crippen LogP contribution in [-0.2, 0) is 9.53 Å². The maximum atomic E-state index is 13.5. The van der Waals surface area contributed by atoms with Crippen LogP contribution < -0.4 is 5.32 Å². The summed E-state index contributed by atoms with van der Waals surface area (Å²) < 4.78 is 19.3. The number of amides is 1. The van der Waals surface area contributed by atoms with Crippen LogP contribution in [0, 0.1) is 11.7 Å². The number of anilines is 1. The third kappa shape index (κ3) is 3.04. The first kappa shape index (κ1) is 12.5. The molecular weight excluding hydrogens is 289 g/mol. The van der Waals surface area contributed by atoms with Crippen molar-refractivity contribution in [2.45, 2.75) is 12.8 Å². The summed E-state index contributed by atoms with van der Waals surface area (Å²) in [6.45, 7) is 1.12. The molecule has 17 heavy (non-hydrogen) atoms. The van der Waals surface area contributed by atoms with E-state index in [-0.39, 0.29) is 17.5 Å². The molecule has 92 valence electrons. The van der Waals surface area contributed by atoms with Gasteiger partial charge in [-0.2, -0.15) is 0 Å². The standard InChI is InChI=1S/C12H13BrFNO2/c13-9-4-1-5-10(14)11(9)15-12(16)8-3-2-6-17-7-8/h1,4-5,8H,2-3,6-7H2,(H,15,16)/t8-/m0/s1. The zero-order valence-electron chi connectivity index (χ0n) is 9.21. The van der Waals surface area contributed by atoms with Crippen LogP contribution in [-0.4, -0.2) is 19.1 Å². The molecule has 1 aliphatic rings. The minimum absolute atomic E-state index is 0.185. The summed E-state index contributed by atoms with van der Waals surface area (Å²) in [6, 6.07) is 4.59. The van der Waals surface area contributed by atoms with Gasteiger partial charge < -0.3 is 10.1 Å². The number of rotatable bonds is 2. The molecule has 3 nitrogen and oxygen atoms in total. The van der Waals surface area contributed by atoms with Crippen LogP contribution in [0.4, 0.5) is 10.1 Å². The van der Waals surface area contributed by atoms with Gasteiger partial charge in [0, 0.05) is 11.1 Å². The fourth-order valence-electron chi connectivity index (χ4n) is 1.79. The highest BCUT2D eigenvalue weighted by molar-refractivity contribution is 9.10. The molecule has 0 bridgehead atoms. The molecular formula is C12H13BrFNO2. The number of hydrogen-bond acceptors (Lipinski definition) is 2. The van der Waals surface area contributed by atoms with Gasteiger partial charge >= 0.3 is 0 Å². The number of nitrogens with one attached hydrogen (secondary N) is 1. The summed E-state index contributed by atoms with van der Waals surface area (Å²) in [7, 11) is 0. The summed E-state index contributed by atoms with van der Waals surface area (Å²) in [4.78, 5) is 11.9. The van der Waals surface area contributed by atoms with Gasteiger partial charge in [0.1, 0.15) is 5.82 Å². The first-order valence-corrected chi connectivity index (χ1v) is 6.30. The van der Waals surface area contributed by atoms with Crippen LogP contribution in [0.15, 0.2) is 22.7 Å². The highest BCUT2D eigenvalue weighted by Gasteiger charge is 2.23. The second-order valence-electron chi connectivity index (χ2n) is 4.00. The molecule has 1 atom stereocenters. The van der Waals surface area contributed by atoms with Crippen LogP contribution in [0.1, 0.15) is 12.8 Å². The zero-order chi connectivity index (χ0) is 12.3. The van der Waals surface area contributed by atoms with Gasteiger partial charge in [0.25, 0.3) is 0 Å². The molecule has 1 amide bonds. The predicted molar refractivity (Wildman–Crippen MR) is 66.3 cm³/mol. The molecule has 5 heteroatoms. The van der Waals surface area contributed by atoms with E-state index < -0.39 is 5.82 Å². The van der Waals surface area contributed by atoms with E-state index in [0.29, 0.717) is 17.7 Å². The molecule has 1 N–H and O–H groups in total. The minimum atomic E-state index is -0.440. The Morgan fingerprint density at radius 3 is 3.00 bits per heavy atom. The van der Waals surface area contributed by atoms with E-state index in [0.717, 1.165) is 12.8 Å². The Kier molecular flexibility index (Phi) is 4.12. The fourth-order valence-corrected chi connectivity index (χ4v) is 2.23. The van der Waals surface area contributed by atoms with Crippen molar-refractivity contribution >= 4 is 27.5 Å². The number of halogens is 2. The molecule has 1 heterocycles. The molecule has 0 aliphatic carbocycles. The lowest BCUT2D eigenvalue weighted by atomic mass is 10.0. The molecule has 0 saturated carbocycles. The molecule has 2 rings (SSSR count). The first-order chi connectivity index (χ1) is 8.18. The van der Waals surface area contributed by atoms with Crippen molar-refractivity contribution in [3.8, 4) is 0 Å². The van der Waals surface area contributed by atoms with E-state index in [4.69, 9.17) is 4.74 Å². The second kappa shape index (κ2) is 5.60. The lowest BCUT2D eigenvalue weighted by Crippen LogP contribution is -2.30. The van der Waals surface area contributed by atoms with E-state index in [2.05, 4.69) is 21.2 Å². The van der Waals surface area contributed by atoms with Gasteiger partial charge in [0.15, 0.2) is 0 Å². The number of hydrogen-bond donors (Lipinski definition) is 1. The molecule has 1 fully saturated rings. The van der Waals surface area contributed by atoms with Crippen molar-refractivity contribution in [2.24, 2.45) is 5.92 Å². The van der Waals surface area contributed by atoms with E-state index in [1.165, 1.54) is 6.07 Å². The van der Waals surface area contributed by atoms with E-state index in [1.807, 2.05) is 0 Å². The van der Waals surface area contributed by atoms with E-state index >= 15 is 0 Å². The van der Waals surface area contributed by atoms with Crippen molar-refractivity contribution < 1.29 is 13.9 Å². The van der Waals surface area contributed by atoms with Crippen molar-refractivity contribution in [1.82, 2.24) is 0 Å². The molecule has 0 spiro atoms. The molecule has 0 aromatic heterocycles. The summed E-state index contributed by atoms with van der Waals surface area (Å²) in [6.07, 6.45) is 1.66. The highest BCUT2D eigenvalue weighted by atomic mass is 79.9.